The highest BCUT2D eigenvalue weighted by Gasteiger charge is 2.31. The molecule has 3 rings (SSSR count). The van der Waals surface area contributed by atoms with E-state index in [1.54, 1.807) is 0 Å². The number of carboxylic acids is 1. The summed E-state index contributed by atoms with van der Waals surface area (Å²) >= 11 is 0. The smallest absolute Gasteiger partial charge is 0.407 e. The van der Waals surface area contributed by atoms with E-state index in [0.717, 1.165) is 35.1 Å². The number of nitrogens with one attached hydrogen (secondary N) is 2. The Kier molecular flexibility index (Phi) is 7.74. The van der Waals surface area contributed by atoms with Crippen LogP contribution in [0.1, 0.15) is 63.5 Å². The fourth-order valence-electron chi connectivity index (χ4n) is 4.16. The first-order chi connectivity index (χ1) is 15.7. The quantitative estimate of drug-likeness (QED) is 0.494. The molecular weight excluding hydrogens is 420 g/mol. The summed E-state index contributed by atoms with van der Waals surface area (Å²) in [6.45, 7) is 5.07. The van der Waals surface area contributed by atoms with Crippen molar-refractivity contribution in [2.75, 3.05) is 6.61 Å². The third kappa shape index (κ3) is 5.92. The minimum atomic E-state index is -1.38. The second kappa shape index (κ2) is 10.5. The van der Waals surface area contributed by atoms with Gasteiger partial charge in [-0.15, -0.1) is 0 Å². The molecule has 1 unspecified atom stereocenters. The first-order valence-electron chi connectivity index (χ1n) is 11.4. The number of benzene rings is 2. The predicted octanol–water partition coefficient (Wildman–Crippen LogP) is 4.45. The first kappa shape index (κ1) is 24.3. The molecule has 2 aromatic rings. The summed E-state index contributed by atoms with van der Waals surface area (Å²) in [5.74, 6) is -1.59. The number of alkyl carbamates (subject to hydrolysis) is 1. The molecule has 3 N–H and O–H groups in total. The van der Waals surface area contributed by atoms with E-state index in [4.69, 9.17) is 4.74 Å². The normalized spacial score (nSPS) is 13.5. The molecule has 2 amide bonds. The number of hydrogen-bond donors (Lipinski definition) is 3. The Morgan fingerprint density at radius 2 is 1.61 bits per heavy atom. The maximum absolute atomic E-state index is 12.6. The summed E-state index contributed by atoms with van der Waals surface area (Å²) in [5, 5.41) is 14.5. The zero-order chi connectivity index (χ0) is 24.0. The van der Waals surface area contributed by atoms with Gasteiger partial charge in [-0.1, -0.05) is 68.3 Å². The minimum Gasteiger partial charge on any atom is -0.480 e. The number of fused-ring (bicyclic) bond motifs is 3. The van der Waals surface area contributed by atoms with Crippen LogP contribution in [0.25, 0.3) is 11.1 Å². The summed E-state index contributed by atoms with van der Waals surface area (Å²) < 4.78 is 5.59. The van der Waals surface area contributed by atoms with Crippen LogP contribution in [-0.4, -0.2) is 41.3 Å². The molecule has 0 aromatic heterocycles. The topological polar surface area (TPSA) is 105 Å². The largest absolute Gasteiger partial charge is 0.480 e. The molecule has 2 aromatic carbocycles. The van der Waals surface area contributed by atoms with Crippen molar-refractivity contribution in [1.29, 1.82) is 0 Å². The van der Waals surface area contributed by atoms with E-state index in [0.29, 0.717) is 6.42 Å². The molecule has 7 nitrogen and oxygen atoms in total. The van der Waals surface area contributed by atoms with E-state index in [-0.39, 0.29) is 18.9 Å². The van der Waals surface area contributed by atoms with E-state index >= 15 is 0 Å². The molecule has 0 bridgehead atoms. The SMILES string of the molecule is CCCCC(CC(=O)NC(C)(C)C(=O)O)NC(=O)OCC1c2ccccc2-c2ccccc21. The summed E-state index contributed by atoms with van der Waals surface area (Å²) in [7, 11) is 0. The van der Waals surface area contributed by atoms with E-state index < -0.39 is 29.6 Å². The van der Waals surface area contributed by atoms with Crippen molar-refractivity contribution in [2.45, 2.75) is 64.0 Å². The number of ether oxygens (including phenoxy) is 1. The van der Waals surface area contributed by atoms with E-state index in [1.807, 2.05) is 31.2 Å². The molecule has 33 heavy (non-hydrogen) atoms. The van der Waals surface area contributed by atoms with E-state index in [9.17, 15) is 19.5 Å². The van der Waals surface area contributed by atoms with Crippen molar-refractivity contribution in [3.8, 4) is 11.1 Å². The summed E-state index contributed by atoms with van der Waals surface area (Å²) in [6, 6.07) is 15.8. The number of amides is 2. The lowest BCUT2D eigenvalue weighted by Gasteiger charge is -2.24. The van der Waals surface area contributed by atoms with Crippen molar-refractivity contribution < 1.29 is 24.2 Å². The maximum atomic E-state index is 12.6. The predicted molar refractivity (Wildman–Crippen MR) is 126 cm³/mol. The Morgan fingerprint density at radius 1 is 1.03 bits per heavy atom. The van der Waals surface area contributed by atoms with Gasteiger partial charge >= 0.3 is 12.1 Å². The third-order valence-corrected chi connectivity index (χ3v) is 5.99. The van der Waals surface area contributed by atoms with Crippen molar-refractivity contribution in [1.82, 2.24) is 10.6 Å². The first-order valence-corrected chi connectivity index (χ1v) is 11.4. The number of carbonyl (C=O) groups excluding carboxylic acids is 2. The van der Waals surface area contributed by atoms with Crippen LogP contribution < -0.4 is 10.6 Å². The van der Waals surface area contributed by atoms with Crippen LogP contribution in [0, 0.1) is 0 Å². The second-order valence-electron chi connectivity index (χ2n) is 8.99. The number of rotatable bonds is 10. The fourth-order valence-corrected chi connectivity index (χ4v) is 4.16. The maximum Gasteiger partial charge on any atom is 0.407 e. The molecule has 7 heteroatoms. The lowest BCUT2D eigenvalue weighted by molar-refractivity contribution is -0.146. The Hall–Kier alpha value is -3.35. The van der Waals surface area contributed by atoms with Crippen LogP contribution in [0.3, 0.4) is 0 Å². The van der Waals surface area contributed by atoms with Gasteiger partial charge in [0.1, 0.15) is 12.1 Å². The number of carbonyl (C=O) groups is 3. The summed E-state index contributed by atoms with van der Waals surface area (Å²) in [4.78, 5) is 36.3. The molecular formula is C26H32N2O5. The molecule has 1 aliphatic rings. The van der Waals surface area contributed by atoms with Gasteiger partial charge in [-0.2, -0.15) is 0 Å². The van der Waals surface area contributed by atoms with Gasteiger partial charge in [0.15, 0.2) is 0 Å². The number of hydrogen-bond acceptors (Lipinski definition) is 4. The van der Waals surface area contributed by atoms with Crippen LogP contribution in [-0.2, 0) is 14.3 Å². The zero-order valence-electron chi connectivity index (χ0n) is 19.4. The minimum absolute atomic E-state index is 0.0130. The highest BCUT2D eigenvalue weighted by molar-refractivity contribution is 5.86. The third-order valence-electron chi connectivity index (χ3n) is 5.99. The number of aliphatic carboxylic acids is 1. The molecule has 0 radical (unpaired) electrons. The fraction of sp³-hybridized carbons (Fsp3) is 0.423. The van der Waals surface area contributed by atoms with Gasteiger partial charge in [-0.3, -0.25) is 4.79 Å². The van der Waals surface area contributed by atoms with Crippen molar-refractivity contribution in [3.63, 3.8) is 0 Å². The van der Waals surface area contributed by atoms with Crippen LogP contribution in [0.4, 0.5) is 4.79 Å². The molecule has 0 heterocycles. The molecule has 0 fully saturated rings. The van der Waals surface area contributed by atoms with Gasteiger partial charge in [0.05, 0.1) is 0 Å². The lowest BCUT2D eigenvalue weighted by Crippen LogP contribution is -2.51. The van der Waals surface area contributed by atoms with Crippen molar-refractivity contribution in [3.05, 3.63) is 59.7 Å². The Balaban J connectivity index is 1.62. The van der Waals surface area contributed by atoms with Crippen LogP contribution >= 0.6 is 0 Å². The standard InChI is InChI=1S/C26H32N2O5/c1-4-5-10-17(15-23(29)28-26(2,3)24(30)31)27-25(32)33-16-22-20-13-8-6-11-18(20)19-12-7-9-14-21(19)22/h6-9,11-14,17,22H,4-5,10,15-16H2,1-3H3,(H,27,32)(H,28,29)(H,30,31). The molecule has 0 aliphatic heterocycles. The summed E-state index contributed by atoms with van der Waals surface area (Å²) in [5.41, 5.74) is 3.19. The van der Waals surface area contributed by atoms with Crippen molar-refractivity contribution >= 4 is 18.0 Å². The monoisotopic (exact) mass is 452 g/mol. The molecule has 0 saturated heterocycles. The van der Waals surface area contributed by atoms with E-state index in [1.165, 1.54) is 13.8 Å². The molecule has 0 saturated carbocycles. The Bertz CT molecular complexity index is 972. The van der Waals surface area contributed by atoms with Gasteiger partial charge in [-0.05, 0) is 42.5 Å². The summed E-state index contributed by atoms with van der Waals surface area (Å²) in [6.07, 6.45) is 1.74. The average Bonchev–Trinajstić information content (AvgIpc) is 3.09. The average molecular weight is 453 g/mol. The lowest BCUT2D eigenvalue weighted by atomic mass is 9.98. The number of carboxylic acid groups (broad SMARTS) is 1. The van der Waals surface area contributed by atoms with Gasteiger partial charge in [-0.25, -0.2) is 9.59 Å². The molecule has 1 atom stereocenters. The molecule has 176 valence electrons. The number of unbranched alkanes of at least 4 members (excludes halogenated alkanes) is 1. The van der Waals surface area contributed by atoms with Crippen LogP contribution in [0.5, 0.6) is 0 Å². The Morgan fingerprint density at radius 3 is 2.15 bits per heavy atom. The van der Waals surface area contributed by atoms with Gasteiger partial charge < -0.3 is 20.5 Å². The van der Waals surface area contributed by atoms with E-state index in [2.05, 4.69) is 34.9 Å². The van der Waals surface area contributed by atoms with Crippen LogP contribution in [0.15, 0.2) is 48.5 Å². The highest BCUT2D eigenvalue weighted by Crippen LogP contribution is 2.44. The second-order valence-corrected chi connectivity index (χ2v) is 8.99. The van der Waals surface area contributed by atoms with Gasteiger partial charge in [0, 0.05) is 18.4 Å². The molecule has 1 aliphatic carbocycles. The van der Waals surface area contributed by atoms with Gasteiger partial charge in [0.2, 0.25) is 5.91 Å². The van der Waals surface area contributed by atoms with Crippen molar-refractivity contribution in [2.24, 2.45) is 0 Å². The van der Waals surface area contributed by atoms with Crippen LogP contribution in [0.2, 0.25) is 0 Å². The highest BCUT2D eigenvalue weighted by atomic mass is 16.5. The Labute approximate surface area is 194 Å². The molecule has 0 spiro atoms. The van der Waals surface area contributed by atoms with Gasteiger partial charge in [0.25, 0.3) is 0 Å². The zero-order valence-corrected chi connectivity index (χ0v) is 19.4.